The molecule has 0 heterocycles. The maximum Gasteiger partial charge on any atom is 0.253 e. The number of amides is 1. The van der Waals surface area contributed by atoms with E-state index in [2.05, 4.69) is 0 Å². The lowest BCUT2D eigenvalue weighted by Crippen LogP contribution is -2.33. The quantitative estimate of drug-likeness (QED) is 0.663. The van der Waals surface area contributed by atoms with Crippen LogP contribution in [0.15, 0.2) is 23.1 Å². The zero-order chi connectivity index (χ0) is 18.3. The molecule has 0 aliphatic carbocycles. The van der Waals surface area contributed by atoms with Crippen LogP contribution in [-0.2, 0) is 10.0 Å². The Labute approximate surface area is 150 Å². The molecular formula is C17H27ClN2O3S. The highest BCUT2D eigenvalue weighted by Gasteiger charge is 2.26. The van der Waals surface area contributed by atoms with Gasteiger partial charge in [-0.2, -0.15) is 4.31 Å². The summed E-state index contributed by atoms with van der Waals surface area (Å²) in [7, 11) is -3.71. The number of benzene rings is 1. The van der Waals surface area contributed by atoms with Crippen LogP contribution in [0.4, 0.5) is 0 Å². The zero-order valence-corrected chi connectivity index (χ0v) is 16.5. The van der Waals surface area contributed by atoms with Crippen molar-refractivity contribution in [2.45, 2.75) is 45.4 Å². The number of nitrogens with zero attached hydrogens (tertiary/aromatic N) is 2. The molecule has 0 aliphatic heterocycles. The van der Waals surface area contributed by atoms with Gasteiger partial charge in [0, 0.05) is 31.7 Å². The maximum absolute atomic E-state index is 12.7. The van der Waals surface area contributed by atoms with E-state index < -0.39 is 10.0 Å². The second-order valence-electron chi connectivity index (χ2n) is 5.53. The third kappa shape index (κ3) is 4.71. The lowest BCUT2D eigenvalue weighted by Gasteiger charge is -2.23. The Hall–Kier alpha value is -1.11. The molecule has 7 heteroatoms. The number of carbonyl (C=O) groups excluding carboxylic acids is 1. The van der Waals surface area contributed by atoms with Gasteiger partial charge in [0.1, 0.15) is 4.90 Å². The lowest BCUT2D eigenvalue weighted by atomic mass is 10.2. The highest BCUT2D eigenvalue weighted by molar-refractivity contribution is 7.89. The van der Waals surface area contributed by atoms with Crippen LogP contribution in [0.3, 0.4) is 0 Å². The minimum absolute atomic E-state index is 0.00772. The molecule has 0 saturated heterocycles. The lowest BCUT2D eigenvalue weighted by molar-refractivity contribution is 0.0755. The van der Waals surface area contributed by atoms with Gasteiger partial charge in [0.25, 0.3) is 5.91 Å². The van der Waals surface area contributed by atoms with Gasteiger partial charge >= 0.3 is 0 Å². The molecule has 136 valence electrons. The molecular weight excluding hydrogens is 348 g/mol. The van der Waals surface area contributed by atoms with E-state index in [9.17, 15) is 13.2 Å². The first-order valence-corrected chi connectivity index (χ1v) is 10.2. The van der Waals surface area contributed by atoms with Crippen molar-refractivity contribution in [1.29, 1.82) is 0 Å². The van der Waals surface area contributed by atoms with E-state index in [-0.39, 0.29) is 15.8 Å². The minimum atomic E-state index is -3.71. The molecule has 0 aromatic heterocycles. The number of rotatable bonds is 9. The summed E-state index contributed by atoms with van der Waals surface area (Å²) in [6, 6.07) is 4.47. The first-order chi connectivity index (χ1) is 11.3. The van der Waals surface area contributed by atoms with E-state index in [1.165, 1.54) is 16.4 Å². The molecule has 0 bridgehead atoms. The van der Waals surface area contributed by atoms with Gasteiger partial charge < -0.3 is 4.90 Å². The monoisotopic (exact) mass is 374 g/mol. The van der Waals surface area contributed by atoms with Crippen LogP contribution >= 0.6 is 11.6 Å². The van der Waals surface area contributed by atoms with E-state index in [0.717, 1.165) is 12.8 Å². The van der Waals surface area contributed by atoms with Crippen LogP contribution in [0.2, 0.25) is 5.02 Å². The molecule has 0 saturated carbocycles. The maximum atomic E-state index is 12.7. The summed E-state index contributed by atoms with van der Waals surface area (Å²) < 4.78 is 26.8. The van der Waals surface area contributed by atoms with Gasteiger partial charge in [-0.1, -0.05) is 39.3 Å². The van der Waals surface area contributed by atoms with E-state index >= 15 is 0 Å². The normalized spacial score (nSPS) is 11.8. The van der Waals surface area contributed by atoms with E-state index in [0.29, 0.717) is 31.7 Å². The largest absolute Gasteiger partial charge is 0.339 e. The molecule has 1 rings (SSSR count). The van der Waals surface area contributed by atoms with Crippen molar-refractivity contribution < 1.29 is 13.2 Å². The SMILES string of the molecule is CCCN(CCC)C(=O)c1ccc(Cl)c(S(=O)(=O)N(CC)CC)c1. The summed E-state index contributed by atoms with van der Waals surface area (Å²) in [4.78, 5) is 14.4. The summed E-state index contributed by atoms with van der Waals surface area (Å²) in [5, 5.41) is 0.135. The summed E-state index contributed by atoms with van der Waals surface area (Å²) in [6.07, 6.45) is 1.70. The Morgan fingerprint density at radius 1 is 1.04 bits per heavy atom. The van der Waals surface area contributed by atoms with Crippen molar-refractivity contribution in [2.24, 2.45) is 0 Å². The Morgan fingerprint density at radius 2 is 1.58 bits per heavy atom. The van der Waals surface area contributed by atoms with Crippen molar-refractivity contribution in [3.63, 3.8) is 0 Å². The smallest absolute Gasteiger partial charge is 0.253 e. The fourth-order valence-electron chi connectivity index (χ4n) is 2.57. The molecule has 0 unspecified atom stereocenters. The van der Waals surface area contributed by atoms with E-state index in [1.54, 1.807) is 24.8 Å². The highest BCUT2D eigenvalue weighted by Crippen LogP contribution is 2.26. The van der Waals surface area contributed by atoms with Crippen LogP contribution < -0.4 is 0 Å². The number of hydrogen-bond donors (Lipinski definition) is 0. The average Bonchev–Trinajstić information content (AvgIpc) is 2.55. The summed E-state index contributed by atoms with van der Waals surface area (Å²) >= 11 is 6.11. The summed E-state index contributed by atoms with van der Waals surface area (Å²) in [5.41, 5.74) is 0.354. The van der Waals surface area contributed by atoms with Gasteiger partial charge in [-0.15, -0.1) is 0 Å². The Morgan fingerprint density at radius 3 is 2.04 bits per heavy atom. The number of halogens is 1. The molecule has 0 atom stereocenters. The van der Waals surface area contributed by atoms with Crippen molar-refractivity contribution in [2.75, 3.05) is 26.2 Å². The summed E-state index contributed by atoms with van der Waals surface area (Å²) in [5.74, 6) is -0.161. The van der Waals surface area contributed by atoms with Gasteiger partial charge in [-0.05, 0) is 31.0 Å². The molecule has 0 fully saturated rings. The van der Waals surface area contributed by atoms with Crippen molar-refractivity contribution in [1.82, 2.24) is 9.21 Å². The number of carbonyl (C=O) groups is 1. The summed E-state index contributed by atoms with van der Waals surface area (Å²) in [6.45, 7) is 9.56. The Balaban J connectivity index is 3.29. The van der Waals surface area contributed by atoms with Crippen LogP contribution in [0.1, 0.15) is 50.9 Å². The fraction of sp³-hybridized carbons (Fsp3) is 0.588. The first-order valence-electron chi connectivity index (χ1n) is 8.42. The number of sulfonamides is 1. The van der Waals surface area contributed by atoms with Gasteiger partial charge in [-0.25, -0.2) is 8.42 Å². The predicted octanol–water partition coefficient (Wildman–Crippen LogP) is 3.63. The van der Waals surface area contributed by atoms with Gasteiger partial charge in [0.15, 0.2) is 0 Å². The average molecular weight is 375 g/mol. The topological polar surface area (TPSA) is 57.7 Å². The molecule has 0 N–H and O–H groups in total. The third-order valence-corrected chi connectivity index (χ3v) is 6.31. The second-order valence-corrected chi connectivity index (χ2v) is 7.84. The van der Waals surface area contributed by atoms with E-state index in [1.807, 2.05) is 13.8 Å². The van der Waals surface area contributed by atoms with Crippen LogP contribution in [0.5, 0.6) is 0 Å². The highest BCUT2D eigenvalue weighted by atomic mass is 35.5. The Kier molecular flexibility index (Phi) is 8.19. The zero-order valence-electron chi connectivity index (χ0n) is 14.9. The van der Waals surface area contributed by atoms with Crippen LogP contribution in [0.25, 0.3) is 0 Å². The second kappa shape index (κ2) is 9.39. The third-order valence-electron chi connectivity index (χ3n) is 3.78. The van der Waals surface area contributed by atoms with Crippen molar-refractivity contribution in [3.8, 4) is 0 Å². The van der Waals surface area contributed by atoms with Crippen LogP contribution in [-0.4, -0.2) is 49.7 Å². The molecule has 1 amide bonds. The molecule has 0 aliphatic rings. The van der Waals surface area contributed by atoms with Gasteiger partial charge in [-0.3, -0.25) is 4.79 Å². The standard InChI is InChI=1S/C17H27ClN2O3S/c1-5-11-19(12-6-2)17(21)14-9-10-15(18)16(13-14)24(22,23)20(7-3)8-4/h9-10,13H,5-8,11-12H2,1-4H3. The van der Waals surface area contributed by atoms with Gasteiger partial charge in [0.05, 0.1) is 5.02 Å². The van der Waals surface area contributed by atoms with Crippen molar-refractivity contribution in [3.05, 3.63) is 28.8 Å². The number of hydrogen-bond acceptors (Lipinski definition) is 3. The van der Waals surface area contributed by atoms with Crippen molar-refractivity contribution >= 4 is 27.5 Å². The molecule has 5 nitrogen and oxygen atoms in total. The first kappa shape index (κ1) is 20.9. The molecule has 0 spiro atoms. The van der Waals surface area contributed by atoms with Gasteiger partial charge in [0.2, 0.25) is 10.0 Å². The van der Waals surface area contributed by atoms with Crippen LogP contribution in [0, 0.1) is 0 Å². The molecule has 0 radical (unpaired) electrons. The molecule has 24 heavy (non-hydrogen) atoms. The fourth-order valence-corrected chi connectivity index (χ4v) is 4.53. The predicted molar refractivity (Wildman–Crippen MR) is 98.0 cm³/mol. The Bertz CT molecular complexity index is 652. The molecule has 1 aromatic carbocycles. The molecule has 1 aromatic rings. The van der Waals surface area contributed by atoms with E-state index in [4.69, 9.17) is 11.6 Å². The minimum Gasteiger partial charge on any atom is -0.339 e.